The predicted molar refractivity (Wildman–Crippen MR) is 113 cm³/mol. The fraction of sp³-hybridized carbons (Fsp3) is 0.250. The summed E-state index contributed by atoms with van der Waals surface area (Å²) >= 11 is 5.34. The van der Waals surface area contributed by atoms with Gasteiger partial charge in [-0.2, -0.15) is 14.9 Å². The molecule has 0 amide bonds. The summed E-state index contributed by atoms with van der Waals surface area (Å²) in [5, 5.41) is 11.6. The van der Waals surface area contributed by atoms with Crippen LogP contribution in [0.4, 0.5) is 0 Å². The van der Waals surface area contributed by atoms with Crippen LogP contribution in [0.2, 0.25) is 0 Å². The summed E-state index contributed by atoms with van der Waals surface area (Å²) in [6.07, 6.45) is 1.70. The molecular weight excluding hydrogens is 392 g/mol. The van der Waals surface area contributed by atoms with Gasteiger partial charge in [-0.1, -0.05) is 0 Å². The van der Waals surface area contributed by atoms with Gasteiger partial charge in [0.1, 0.15) is 5.75 Å². The summed E-state index contributed by atoms with van der Waals surface area (Å²) in [6.45, 7) is 2.57. The molecule has 0 atom stereocenters. The van der Waals surface area contributed by atoms with E-state index in [2.05, 4.69) is 15.3 Å². The van der Waals surface area contributed by atoms with Crippen molar-refractivity contribution in [2.24, 2.45) is 5.10 Å². The molecule has 1 heterocycles. The van der Waals surface area contributed by atoms with Crippen LogP contribution in [-0.2, 0) is 0 Å². The number of rotatable bonds is 8. The fourth-order valence-electron chi connectivity index (χ4n) is 2.74. The Bertz CT molecular complexity index is 1030. The Balaban J connectivity index is 1.99. The van der Waals surface area contributed by atoms with Crippen LogP contribution < -0.4 is 18.9 Å². The maximum absolute atomic E-state index is 5.45. The topological polar surface area (TPSA) is 82.9 Å². The predicted octanol–water partition coefficient (Wildman–Crippen LogP) is 3.91. The monoisotopic (exact) mass is 414 g/mol. The van der Waals surface area contributed by atoms with Crippen LogP contribution in [0, 0.1) is 4.77 Å². The number of ether oxygens (including phenoxy) is 4. The molecule has 3 aromatic rings. The lowest BCUT2D eigenvalue weighted by Gasteiger charge is -2.13. The third kappa shape index (κ3) is 4.40. The van der Waals surface area contributed by atoms with Crippen LogP contribution in [-0.4, -0.2) is 49.0 Å². The molecule has 1 aromatic heterocycles. The summed E-state index contributed by atoms with van der Waals surface area (Å²) in [6, 6.07) is 11.2. The van der Waals surface area contributed by atoms with Crippen LogP contribution in [0.1, 0.15) is 12.5 Å². The first-order chi connectivity index (χ1) is 14.1. The maximum Gasteiger partial charge on any atom is 0.216 e. The summed E-state index contributed by atoms with van der Waals surface area (Å²) in [7, 11) is 4.67. The minimum Gasteiger partial charge on any atom is -0.494 e. The molecule has 0 spiro atoms. The molecule has 152 valence electrons. The molecule has 0 saturated heterocycles. The number of nitrogens with one attached hydrogen (secondary N) is 1. The Morgan fingerprint density at radius 1 is 1.07 bits per heavy atom. The fourth-order valence-corrected chi connectivity index (χ4v) is 2.92. The largest absolute Gasteiger partial charge is 0.494 e. The Morgan fingerprint density at radius 3 is 2.28 bits per heavy atom. The lowest BCUT2D eigenvalue weighted by molar-refractivity contribution is 0.324. The van der Waals surface area contributed by atoms with Gasteiger partial charge in [0.15, 0.2) is 17.3 Å². The van der Waals surface area contributed by atoms with E-state index in [1.54, 1.807) is 39.7 Å². The van der Waals surface area contributed by atoms with Crippen molar-refractivity contribution in [1.29, 1.82) is 0 Å². The normalized spacial score (nSPS) is 10.9. The van der Waals surface area contributed by atoms with Gasteiger partial charge in [0, 0.05) is 5.56 Å². The number of benzene rings is 2. The summed E-state index contributed by atoms with van der Waals surface area (Å²) in [4.78, 5) is 0. The molecule has 0 unspecified atom stereocenters. The quantitative estimate of drug-likeness (QED) is 0.444. The van der Waals surface area contributed by atoms with Gasteiger partial charge in [0.2, 0.25) is 10.5 Å². The van der Waals surface area contributed by atoms with E-state index >= 15 is 0 Å². The van der Waals surface area contributed by atoms with Crippen molar-refractivity contribution in [3.8, 4) is 34.4 Å². The lowest BCUT2D eigenvalue weighted by Crippen LogP contribution is -1.99. The van der Waals surface area contributed by atoms with E-state index in [9.17, 15) is 0 Å². The minimum atomic E-state index is 0.357. The van der Waals surface area contributed by atoms with E-state index in [0.717, 1.165) is 11.3 Å². The average molecular weight is 414 g/mol. The third-order valence-electron chi connectivity index (χ3n) is 4.09. The number of hydrogen-bond acceptors (Lipinski definition) is 7. The number of hydrogen-bond donors (Lipinski definition) is 1. The van der Waals surface area contributed by atoms with Gasteiger partial charge in [-0.3, -0.25) is 0 Å². The Hall–Kier alpha value is -3.33. The van der Waals surface area contributed by atoms with E-state index < -0.39 is 0 Å². The first-order valence-corrected chi connectivity index (χ1v) is 9.27. The number of nitrogens with zero attached hydrogens (tertiary/aromatic N) is 3. The van der Waals surface area contributed by atoms with Gasteiger partial charge in [-0.25, -0.2) is 5.10 Å². The zero-order valence-electron chi connectivity index (χ0n) is 16.6. The molecule has 0 saturated carbocycles. The Morgan fingerprint density at radius 2 is 1.72 bits per heavy atom. The van der Waals surface area contributed by atoms with Crippen LogP contribution in [0.25, 0.3) is 11.4 Å². The van der Waals surface area contributed by atoms with Crippen LogP contribution >= 0.6 is 12.2 Å². The van der Waals surface area contributed by atoms with E-state index in [1.165, 1.54) is 4.68 Å². The molecule has 0 aliphatic heterocycles. The van der Waals surface area contributed by atoms with Crippen molar-refractivity contribution < 1.29 is 18.9 Å². The van der Waals surface area contributed by atoms with Gasteiger partial charge in [0.25, 0.3) is 0 Å². The zero-order valence-corrected chi connectivity index (χ0v) is 17.4. The highest BCUT2D eigenvalue weighted by atomic mass is 32.1. The zero-order chi connectivity index (χ0) is 20.8. The second-order valence-corrected chi connectivity index (χ2v) is 6.21. The highest BCUT2D eigenvalue weighted by Gasteiger charge is 2.17. The van der Waals surface area contributed by atoms with E-state index in [4.69, 9.17) is 31.2 Å². The molecule has 2 aromatic carbocycles. The minimum absolute atomic E-state index is 0.357. The third-order valence-corrected chi connectivity index (χ3v) is 4.35. The molecule has 0 radical (unpaired) electrons. The van der Waals surface area contributed by atoms with Crippen molar-refractivity contribution in [3.05, 3.63) is 46.7 Å². The number of aromatic amines is 1. The van der Waals surface area contributed by atoms with Gasteiger partial charge >= 0.3 is 0 Å². The standard InChI is InChI=1S/C20H22N4O4S/c1-5-28-15-8-6-13(7-9-15)12-21-24-19(22-23-20(24)29)14-10-16(25-2)18(27-4)17(11-14)26-3/h6-12H,5H2,1-4H3,(H,23,29)/b21-12-. The van der Waals surface area contributed by atoms with Gasteiger partial charge in [-0.15, -0.1) is 0 Å². The van der Waals surface area contributed by atoms with E-state index in [0.29, 0.717) is 40.0 Å². The molecule has 1 N–H and O–H groups in total. The van der Waals surface area contributed by atoms with Gasteiger partial charge in [-0.05, 0) is 61.1 Å². The summed E-state index contributed by atoms with van der Waals surface area (Å²) in [5.74, 6) is 2.84. The van der Waals surface area contributed by atoms with Crippen molar-refractivity contribution in [1.82, 2.24) is 14.9 Å². The molecule has 3 rings (SSSR count). The van der Waals surface area contributed by atoms with Crippen LogP contribution in [0.5, 0.6) is 23.0 Å². The molecular formula is C20H22N4O4S. The molecule has 9 heteroatoms. The number of aromatic nitrogens is 3. The molecule has 0 aliphatic rings. The number of methoxy groups -OCH3 is 3. The number of H-pyrrole nitrogens is 1. The summed E-state index contributed by atoms with van der Waals surface area (Å²) < 4.78 is 23.6. The second kappa shape index (κ2) is 9.24. The molecule has 0 aliphatic carbocycles. The van der Waals surface area contributed by atoms with Crippen LogP contribution in [0.3, 0.4) is 0 Å². The molecule has 0 fully saturated rings. The average Bonchev–Trinajstić information content (AvgIpc) is 3.12. The lowest BCUT2D eigenvalue weighted by atomic mass is 10.1. The Labute approximate surface area is 173 Å². The molecule has 29 heavy (non-hydrogen) atoms. The smallest absolute Gasteiger partial charge is 0.216 e. The van der Waals surface area contributed by atoms with Crippen LogP contribution in [0.15, 0.2) is 41.5 Å². The first-order valence-electron chi connectivity index (χ1n) is 8.86. The second-order valence-electron chi connectivity index (χ2n) is 5.82. The van der Waals surface area contributed by atoms with Crippen molar-refractivity contribution in [2.75, 3.05) is 27.9 Å². The highest BCUT2D eigenvalue weighted by molar-refractivity contribution is 7.71. The van der Waals surface area contributed by atoms with E-state index in [1.807, 2.05) is 31.2 Å². The maximum atomic E-state index is 5.45. The van der Waals surface area contributed by atoms with Crippen molar-refractivity contribution >= 4 is 18.4 Å². The highest BCUT2D eigenvalue weighted by Crippen LogP contribution is 2.40. The molecule has 0 bridgehead atoms. The Kier molecular flexibility index (Phi) is 6.50. The first kappa shape index (κ1) is 20.4. The van der Waals surface area contributed by atoms with Crippen molar-refractivity contribution in [2.45, 2.75) is 6.92 Å². The van der Waals surface area contributed by atoms with E-state index in [-0.39, 0.29) is 0 Å². The SMILES string of the molecule is CCOc1ccc(/C=N\n2c(-c3cc(OC)c(OC)c(OC)c3)n[nH]c2=S)cc1. The van der Waals surface area contributed by atoms with Gasteiger partial charge < -0.3 is 18.9 Å². The summed E-state index contributed by atoms with van der Waals surface area (Å²) in [5.41, 5.74) is 1.60. The molecule has 8 nitrogen and oxygen atoms in total. The van der Waals surface area contributed by atoms with Gasteiger partial charge in [0.05, 0.1) is 34.2 Å². The van der Waals surface area contributed by atoms with Crippen molar-refractivity contribution in [3.63, 3.8) is 0 Å².